The minimum Gasteiger partial charge on any atom is -0.378 e. The number of nitro groups is 1. The summed E-state index contributed by atoms with van der Waals surface area (Å²) in [6.45, 7) is 9.21. The third-order valence-electron chi connectivity index (χ3n) is 6.39. The number of rotatable bonds is 9. The van der Waals surface area contributed by atoms with Gasteiger partial charge in [-0.2, -0.15) is 5.10 Å². The zero-order valence-electron chi connectivity index (χ0n) is 20.7. The van der Waals surface area contributed by atoms with Gasteiger partial charge in [0.1, 0.15) is 6.33 Å². The van der Waals surface area contributed by atoms with Gasteiger partial charge in [-0.1, -0.05) is 12.1 Å². The molecule has 36 heavy (non-hydrogen) atoms. The summed E-state index contributed by atoms with van der Waals surface area (Å²) in [5, 5.41) is 15.6. The highest BCUT2D eigenvalue weighted by molar-refractivity contribution is 5.84. The van der Waals surface area contributed by atoms with Crippen molar-refractivity contribution in [2.24, 2.45) is 5.10 Å². The zero-order valence-corrected chi connectivity index (χ0v) is 20.7. The number of nitrogen functional groups attached to an aromatic ring is 1. The predicted octanol–water partition coefficient (Wildman–Crippen LogP) is 3.67. The monoisotopic (exact) mass is 492 g/mol. The van der Waals surface area contributed by atoms with Crippen LogP contribution in [0.4, 0.5) is 23.0 Å². The Bertz CT molecular complexity index is 1170. The van der Waals surface area contributed by atoms with E-state index in [4.69, 9.17) is 10.5 Å². The molecule has 0 atom stereocenters. The second-order valence-corrected chi connectivity index (χ2v) is 8.49. The molecule has 1 saturated heterocycles. The molecule has 0 unspecified atom stereocenters. The van der Waals surface area contributed by atoms with Crippen LogP contribution in [0, 0.1) is 10.1 Å². The smallest absolute Gasteiger partial charge is 0.354 e. The number of morpholine rings is 1. The fraction of sp³-hybridized carbons (Fsp3) is 0.400. The van der Waals surface area contributed by atoms with E-state index >= 15 is 0 Å². The molecule has 1 aliphatic heterocycles. The molecule has 0 spiro atoms. The van der Waals surface area contributed by atoms with Crippen LogP contribution < -0.4 is 16.1 Å². The summed E-state index contributed by atoms with van der Waals surface area (Å²) in [4.78, 5) is 23.0. The largest absolute Gasteiger partial charge is 0.378 e. The first-order valence-electron chi connectivity index (χ1n) is 12.2. The number of allylic oxidation sites excluding steroid dienone is 2. The van der Waals surface area contributed by atoms with Gasteiger partial charge >= 0.3 is 5.69 Å². The Kier molecular flexibility index (Phi) is 8.11. The third kappa shape index (κ3) is 5.62. The Morgan fingerprint density at radius 1 is 1.19 bits per heavy atom. The molecule has 2 heterocycles. The lowest BCUT2D eigenvalue weighted by Crippen LogP contribution is -2.36. The lowest BCUT2D eigenvalue weighted by molar-refractivity contribution is -0.383. The van der Waals surface area contributed by atoms with E-state index in [1.807, 2.05) is 0 Å². The number of hydrazone groups is 1. The van der Waals surface area contributed by atoms with Crippen molar-refractivity contribution in [3.63, 3.8) is 0 Å². The fourth-order valence-corrected chi connectivity index (χ4v) is 4.57. The maximum absolute atomic E-state index is 11.3. The van der Waals surface area contributed by atoms with E-state index in [0.717, 1.165) is 55.9 Å². The molecule has 0 amide bonds. The van der Waals surface area contributed by atoms with Crippen molar-refractivity contribution in [1.82, 2.24) is 14.9 Å². The topological polar surface area (TPSA) is 135 Å². The molecule has 190 valence electrons. The maximum atomic E-state index is 11.3. The van der Waals surface area contributed by atoms with E-state index in [2.05, 4.69) is 74.5 Å². The molecule has 0 saturated carbocycles. The van der Waals surface area contributed by atoms with Crippen molar-refractivity contribution >= 4 is 35.3 Å². The average molecular weight is 493 g/mol. The van der Waals surface area contributed by atoms with Gasteiger partial charge in [0.15, 0.2) is 0 Å². The van der Waals surface area contributed by atoms with Crippen molar-refractivity contribution < 1.29 is 9.66 Å². The molecule has 1 aliphatic carbocycles. The van der Waals surface area contributed by atoms with Gasteiger partial charge in [-0.15, -0.1) is 0 Å². The molecule has 1 aromatic carbocycles. The first-order chi connectivity index (χ1) is 17.5. The summed E-state index contributed by atoms with van der Waals surface area (Å²) in [5.41, 5.74) is 13.7. The second kappa shape index (κ2) is 11.6. The van der Waals surface area contributed by atoms with Gasteiger partial charge < -0.3 is 20.3 Å². The number of nitrogens with zero attached hydrogens (tertiary/aromatic N) is 6. The standard InChI is InChI=1S/C25H32N8O3/c1-3-31(4-2)21-9-5-18(6-10-21)15-19-7-8-20(22(19)32-11-13-36-14-12-32)16-29-30-25-23(33(34)35)24(26)27-17-28-25/h5-6,9-10,15-17H,3-4,7-8,11-14H2,1-2H3,(H3,26,27,28,30)/b19-15-,29-16?. The third-order valence-corrected chi connectivity index (χ3v) is 6.39. The Labute approximate surface area is 210 Å². The van der Waals surface area contributed by atoms with Gasteiger partial charge in [-0.3, -0.25) is 15.5 Å². The van der Waals surface area contributed by atoms with Gasteiger partial charge in [0, 0.05) is 37.6 Å². The summed E-state index contributed by atoms with van der Waals surface area (Å²) in [5.74, 6) is -0.252. The number of nitrogens with two attached hydrogens (primary N) is 1. The quantitative estimate of drug-likeness (QED) is 0.305. The number of aromatic nitrogens is 2. The van der Waals surface area contributed by atoms with Crippen LogP contribution in [0.15, 0.2) is 52.5 Å². The number of hydrogen-bond acceptors (Lipinski definition) is 10. The lowest BCUT2D eigenvalue weighted by Gasteiger charge is -2.31. The minimum absolute atomic E-state index is 0.0423. The minimum atomic E-state index is -0.618. The van der Waals surface area contributed by atoms with Crippen molar-refractivity contribution in [3.05, 3.63) is 63.1 Å². The molecular weight excluding hydrogens is 460 g/mol. The van der Waals surface area contributed by atoms with Crippen LogP contribution in [0.3, 0.4) is 0 Å². The Balaban J connectivity index is 1.61. The highest BCUT2D eigenvalue weighted by Crippen LogP contribution is 2.35. The molecule has 11 heteroatoms. The molecule has 0 radical (unpaired) electrons. The van der Waals surface area contributed by atoms with E-state index in [1.165, 1.54) is 17.6 Å². The van der Waals surface area contributed by atoms with Gasteiger partial charge in [-0.05, 0) is 61.6 Å². The van der Waals surface area contributed by atoms with Crippen LogP contribution in [0.25, 0.3) is 6.08 Å². The van der Waals surface area contributed by atoms with Crippen molar-refractivity contribution in [3.8, 4) is 0 Å². The summed E-state index contributed by atoms with van der Waals surface area (Å²) >= 11 is 0. The predicted molar refractivity (Wildman–Crippen MR) is 142 cm³/mol. The van der Waals surface area contributed by atoms with Gasteiger partial charge in [0.05, 0.1) is 24.4 Å². The van der Waals surface area contributed by atoms with Crippen molar-refractivity contribution in [1.29, 1.82) is 0 Å². The first kappa shape index (κ1) is 25.1. The first-order valence-corrected chi connectivity index (χ1v) is 12.2. The van der Waals surface area contributed by atoms with Gasteiger partial charge in [0.25, 0.3) is 0 Å². The maximum Gasteiger partial charge on any atom is 0.354 e. The van der Waals surface area contributed by atoms with Crippen LogP contribution in [0.5, 0.6) is 0 Å². The lowest BCUT2D eigenvalue weighted by atomic mass is 10.1. The van der Waals surface area contributed by atoms with Crippen LogP contribution in [0.2, 0.25) is 0 Å². The molecule has 2 aromatic rings. The highest BCUT2D eigenvalue weighted by atomic mass is 16.6. The van der Waals surface area contributed by atoms with Gasteiger partial charge in [0.2, 0.25) is 11.6 Å². The van der Waals surface area contributed by atoms with Crippen LogP contribution in [-0.2, 0) is 4.74 Å². The molecule has 11 nitrogen and oxygen atoms in total. The molecule has 4 rings (SSSR count). The number of benzene rings is 1. The highest BCUT2D eigenvalue weighted by Gasteiger charge is 2.26. The number of nitrogens with one attached hydrogen (secondary N) is 1. The molecule has 3 N–H and O–H groups in total. The van der Waals surface area contributed by atoms with Crippen LogP contribution >= 0.6 is 0 Å². The van der Waals surface area contributed by atoms with E-state index in [9.17, 15) is 10.1 Å². The van der Waals surface area contributed by atoms with Crippen molar-refractivity contribution in [2.45, 2.75) is 26.7 Å². The van der Waals surface area contributed by atoms with Crippen molar-refractivity contribution in [2.75, 3.05) is 55.5 Å². The average Bonchev–Trinajstić information content (AvgIpc) is 3.28. The second-order valence-electron chi connectivity index (χ2n) is 8.49. The van der Waals surface area contributed by atoms with E-state index < -0.39 is 10.6 Å². The van der Waals surface area contributed by atoms with Crippen LogP contribution in [-0.4, -0.2) is 65.4 Å². The number of hydrogen-bond donors (Lipinski definition) is 2. The molecule has 1 fully saturated rings. The van der Waals surface area contributed by atoms with Crippen LogP contribution in [0.1, 0.15) is 32.3 Å². The van der Waals surface area contributed by atoms with E-state index in [0.29, 0.717) is 13.2 Å². The molecular formula is C25H32N8O3. The molecule has 2 aliphatic rings. The summed E-state index contributed by atoms with van der Waals surface area (Å²) in [6, 6.07) is 8.64. The summed E-state index contributed by atoms with van der Waals surface area (Å²) in [6.07, 6.45) is 6.82. The normalized spacial score (nSPS) is 17.3. The van der Waals surface area contributed by atoms with E-state index in [1.54, 1.807) is 6.21 Å². The van der Waals surface area contributed by atoms with Gasteiger partial charge in [-0.25, -0.2) is 9.97 Å². The Morgan fingerprint density at radius 2 is 1.92 bits per heavy atom. The molecule has 0 bridgehead atoms. The number of anilines is 3. The Hall–Kier alpha value is -3.99. The summed E-state index contributed by atoms with van der Waals surface area (Å²) < 4.78 is 5.57. The Morgan fingerprint density at radius 3 is 2.58 bits per heavy atom. The summed E-state index contributed by atoms with van der Waals surface area (Å²) in [7, 11) is 0. The fourth-order valence-electron chi connectivity index (χ4n) is 4.57. The van der Waals surface area contributed by atoms with E-state index in [-0.39, 0.29) is 11.6 Å². The zero-order chi connectivity index (χ0) is 25.5. The SMILES string of the molecule is CCN(CC)c1ccc(/C=C2/CCC(C=NNc3ncnc(N)c3[N+](=O)[O-])=C2N2CCOCC2)cc1. The number of ether oxygens (including phenoxy) is 1. The molecule has 1 aromatic heterocycles.